The molecule has 1 aliphatic heterocycles. The highest BCUT2D eigenvalue weighted by atomic mass is 35.5. The highest BCUT2D eigenvalue weighted by Gasteiger charge is 2.13. The van der Waals surface area contributed by atoms with E-state index in [0.29, 0.717) is 34.6 Å². The molecule has 1 aromatic heterocycles. The predicted octanol–water partition coefficient (Wildman–Crippen LogP) is 4.79. The fourth-order valence-corrected chi connectivity index (χ4v) is 3.55. The number of nitrogens with zero attached hydrogens (tertiary/aromatic N) is 2. The van der Waals surface area contributed by atoms with Crippen molar-refractivity contribution in [2.45, 2.75) is 0 Å². The lowest BCUT2D eigenvalue weighted by Gasteiger charge is -2.18. The average Bonchev–Trinajstić information content (AvgIpc) is 3.02. The van der Waals surface area contributed by atoms with Gasteiger partial charge in [0, 0.05) is 5.02 Å². The number of benzene rings is 2. The minimum absolute atomic E-state index is 0.504. The van der Waals surface area contributed by atoms with Crippen molar-refractivity contribution >= 4 is 44.8 Å². The Balaban J connectivity index is 1.74. The van der Waals surface area contributed by atoms with Gasteiger partial charge in [-0.25, -0.2) is 4.98 Å². The van der Waals surface area contributed by atoms with E-state index in [0.717, 1.165) is 21.5 Å². The number of nitriles is 1. The first kappa shape index (κ1) is 15.0. The van der Waals surface area contributed by atoms with E-state index in [4.69, 9.17) is 21.1 Å². The van der Waals surface area contributed by atoms with Gasteiger partial charge < -0.3 is 9.47 Å². The van der Waals surface area contributed by atoms with Crippen molar-refractivity contribution in [1.29, 1.82) is 5.26 Å². The molecule has 4 nitrogen and oxygen atoms in total. The van der Waals surface area contributed by atoms with Crippen LogP contribution in [0, 0.1) is 11.3 Å². The van der Waals surface area contributed by atoms with Crippen molar-refractivity contribution in [2.75, 3.05) is 13.2 Å². The van der Waals surface area contributed by atoms with Gasteiger partial charge in [0.2, 0.25) is 0 Å². The van der Waals surface area contributed by atoms with Crippen LogP contribution in [0.2, 0.25) is 5.02 Å². The topological polar surface area (TPSA) is 55.1 Å². The van der Waals surface area contributed by atoms with Crippen molar-refractivity contribution in [3.8, 4) is 17.6 Å². The van der Waals surface area contributed by atoms with Crippen LogP contribution in [0.25, 0.3) is 21.9 Å². The number of allylic oxidation sites excluding steroid dienone is 1. The SMILES string of the molecule is N#C/C(=C\c1ccc2c(c1)OCCO2)c1nc2cc(Cl)ccc2s1. The molecule has 2 aromatic carbocycles. The summed E-state index contributed by atoms with van der Waals surface area (Å²) in [5, 5.41) is 10.8. The second-order valence-electron chi connectivity index (χ2n) is 5.20. The van der Waals surface area contributed by atoms with Gasteiger partial charge in [-0.05, 0) is 42.0 Å². The second-order valence-corrected chi connectivity index (χ2v) is 6.67. The molecule has 0 radical (unpaired) electrons. The summed E-state index contributed by atoms with van der Waals surface area (Å²) in [6.07, 6.45) is 1.80. The molecule has 0 unspecified atom stereocenters. The number of halogens is 1. The van der Waals surface area contributed by atoms with Crippen LogP contribution in [-0.2, 0) is 0 Å². The molecule has 4 rings (SSSR count). The molecule has 0 saturated carbocycles. The van der Waals surface area contributed by atoms with E-state index < -0.39 is 0 Å². The lowest BCUT2D eigenvalue weighted by Crippen LogP contribution is -2.15. The average molecular weight is 355 g/mol. The standard InChI is InChI=1S/C18H11ClN2O2S/c19-13-2-4-17-14(9-13)21-18(24-17)12(10-20)7-11-1-3-15-16(8-11)23-6-5-22-15/h1-4,7-9H,5-6H2/b12-7+. The maximum atomic E-state index is 9.53. The highest BCUT2D eigenvalue weighted by molar-refractivity contribution is 7.19. The van der Waals surface area contributed by atoms with Gasteiger partial charge in [0.1, 0.15) is 24.3 Å². The number of rotatable bonds is 2. The molecule has 2 heterocycles. The molecular formula is C18H11ClN2O2S. The quantitative estimate of drug-likeness (QED) is 0.621. The molecule has 0 amide bonds. The monoisotopic (exact) mass is 354 g/mol. The Morgan fingerprint density at radius 3 is 2.83 bits per heavy atom. The molecule has 6 heteroatoms. The van der Waals surface area contributed by atoms with Gasteiger partial charge in [-0.1, -0.05) is 17.7 Å². The highest BCUT2D eigenvalue weighted by Crippen LogP contribution is 2.33. The maximum Gasteiger partial charge on any atom is 0.161 e. The van der Waals surface area contributed by atoms with Crippen molar-refractivity contribution in [3.05, 3.63) is 52.0 Å². The largest absolute Gasteiger partial charge is 0.486 e. The lowest BCUT2D eigenvalue weighted by molar-refractivity contribution is 0.171. The van der Waals surface area contributed by atoms with Crippen LogP contribution in [0.3, 0.4) is 0 Å². The lowest BCUT2D eigenvalue weighted by atomic mass is 10.1. The van der Waals surface area contributed by atoms with E-state index in [1.54, 1.807) is 12.1 Å². The third-order valence-electron chi connectivity index (χ3n) is 3.58. The van der Waals surface area contributed by atoms with Crippen molar-refractivity contribution < 1.29 is 9.47 Å². The minimum Gasteiger partial charge on any atom is -0.486 e. The van der Waals surface area contributed by atoms with Crippen LogP contribution in [0.1, 0.15) is 10.6 Å². The first-order valence-electron chi connectivity index (χ1n) is 7.31. The summed E-state index contributed by atoms with van der Waals surface area (Å²) < 4.78 is 12.1. The zero-order chi connectivity index (χ0) is 16.5. The molecule has 0 fully saturated rings. The Hall–Kier alpha value is -2.55. The molecule has 0 atom stereocenters. The fourth-order valence-electron chi connectivity index (χ4n) is 2.47. The molecule has 0 aliphatic carbocycles. The van der Waals surface area contributed by atoms with E-state index in [9.17, 15) is 5.26 Å². The van der Waals surface area contributed by atoms with Crippen LogP contribution >= 0.6 is 22.9 Å². The molecule has 1 aliphatic rings. The fraction of sp³-hybridized carbons (Fsp3) is 0.111. The smallest absolute Gasteiger partial charge is 0.161 e. The summed E-state index contributed by atoms with van der Waals surface area (Å²) in [6.45, 7) is 1.09. The normalized spacial score (nSPS) is 13.8. The predicted molar refractivity (Wildman–Crippen MR) is 95.5 cm³/mol. The van der Waals surface area contributed by atoms with Gasteiger partial charge in [-0.2, -0.15) is 5.26 Å². The third-order valence-corrected chi connectivity index (χ3v) is 4.88. The zero-order valence-electron chi connectivity index (χ0n) is 12.5. The van der Waals surface area contributed by atoms with Gasteiger partial charge in [0.25, 0.3) is 0 Å². The summed E-state index contributed by atoms with van der Waals surface area (Å²) in [7, 11) is 0. The Kier molecular flexibility index (Phi) is 3.85. The Labute approximate surface area is 147 Å². The van der Waals surface area contributed by atoms with Crippen LogP contribution in [0.4, 0.5) is 0 Å². The van der Waals surface area contributed by atoms with E-state index in [2.05, 4.69) is 11.1 Å². The molecule has 0 N–H and O–H groups in total. The maximum absolute atomic E-state index is 9.53. The van der Waals surface area contributed by atoms with Crippen LogP contribution in [0.15, 0.2) is 36.4 Å². The van der Waals surface area contributed by atoms with E-state index >= 15 is 0 Å². The van der Waals surface area contributed by atoms with E-state index in [1.165, 1.54) is 11.3 Å². The Morgan fingerprint density at radius 2 is 2.00 bits per heavy atom. The van der Waals surface area contributed by atoms with Crippen LogP contribution in [0.5, 0.6) is 11.5 Å². The van der Waals surface area contributed by atoms with Crippen LogP contribution < -0.4 is 9.47 Å². The van der Waals surface area contributed by atoms with E-state index in [-0.39, 0.29) is 0 Å². The zero-order valence-corrected chi connectivity index (χ0v) is 14.0. The third kappa shape index (κ3) is 2.82. The number of aromatic nitrogens is 1. The number of hydrogen-bond donors (Lipinski definition) is 0. The molecule has 24 heavy (non-hydrogen) atoms. The summed E-state index contributed by atoms with van der Waals surface area (Å²) in [4.78, 5) is 4.52. The van der Waals surface area contributed by atoms with Crippen molar-refractivity contribution in [1.82, 2.24) is 4.98 Å². The summed E-state index contributed by atoms with van der Waals surface area (Å²) in [5.74, 6) is 1.43. The summed E-state index contributed by atoms with van der Waals surface area (Å²) in [6, 6.07) is 13.4. The van der Waals surface area contributed by atoms with Gasteiger partial charge in [-0.3, -0.25) is 0 Å². The molecule has 3 aromatic rings. The first-order chi connectivity index (χ1) is 11.7. The number of hydrogen-bond acceptors (Lipinski definition) is 5. The van der Waals surface area contributed by atoms with Gasteiger partial charge in [0.15, 0.2) is 11.5 Å². The molecule has 0 bridgehead atoms. The Morgan fingerprint density at radius 1 is 1.17 bits per heavy atom. The molecule has 118 valence electrons. The Bertz CT molecular complexity index is 1000. The van der Waals surface area contributed by atoms with Gasteiger partial charge in [0.05, 0.1) is 15.8 Å². The van der Waals surface area contributed by atoms with Crippen LogP contribution in [-0.4, -0.2) is 18.2 Å². The minimum atomic E-state index is 0.504. The summed E-state index contributed by atoms with van der Waals surface area (Å²) in [5.41, 5.74) is 2.17. The number of fused-ring (bicyclic) bond motifs is 2. The molecular weight excluding hydrogens is 344 g/mol. The summed E-state index contributed by atoms with van der Waals surface area (Å²) >= 11 is 7.47. The van der Waals surface area contributed by atoms with Gasteiger partial charge >= 0.3 is 0 Å². The first-order valence-corrected chi connectivity index (χ1v) is 8.50. The molecule has 0 spiro atoms. The van der Waals surface area contributed by atoms with Crippen molar-refractivity contribution in [3.63, 3.8) is 0 Å². The van der Waals surface area contributed by atoms with Crippen molar-refractivity contribution in [2.24, 2.45) is 0 Å². The number of ether oxygens (including phenoxy) is 2. The van der Waals surface area contributed by atoms with E-state index in [1.807, 2.05) is 30.3 Å². The number of thiazole rings is 1. The van der Waals surface area contributed by atoms with Gasteiger partial charge in [-0.15, -0.1) is 11.3 Å². The second kappa shape index (κ2) is 6.16. The molecule has 0 saturated heterocycles.